The highest BCUT2D eigenvalue weighted by Crippen LogP contribution is 2.46. The molecular formula is C27H31N3O5S2. The molecule has 0 saturated heterocycles. The van der Waals surface area contributed by atoms with Crippen LogP contribution in [0.25, 0.3) is 11.1 Å². The third kappa shape index (κ3) is 3.87. The van der Waals surface area contributed by atoms with E-state index in [1.54, 1.807) is 24.3 Å². The molecule has 0 aliphatic heterocycles. The molecule has 6 atom stereocenters. The molecule has 4 bridgehead atoms. The lowest BCUT2D eigenvalue weighted by atomic mass is 9.96. The fourth-order valence-electron chi connectivity index (χ4n) is 7.81. The molecule has 2 aromatic rings. The first-order valence-electron chi connectivity index (χ1n) is 13.3. The fraction of sp³-hybridized carbons (Fsp3) is 0.519. The molecule has 5 aliphatic rings. The van der Waals surface area contributed by atoms with Crippen molar-refractivity contribution in [2.75, 3.05) is 0 Å². The zero-order chi connectivity index (χ0) is 25.5. The Kier molecular flexibility index (Phi) is 5.38. The molecule has 196 valence electrons. The maximum atomic E-state index is 13.2. The van der Waals surface area contributed by atoms with Gasteiger partial charge in [-0.05, 0) is 97.6 Å². The Morgan fingerprint density at radius 2 is 1.11 bits per heavy atom. The number of nitrogens with zero attached hydrogens (tertiary/aromatic N) is 1. The van der Waals surface area contributed by atoms with Crippen LogP contribution in [-0.2, 0) is 20.0 Å². The molecule has 0 aromatic heterocycles. The van der Waals surface area contributed by atoms with E-state index in [0.717, 1.165) is 38.5 Å². The molecule has 6 unspecified atom stereocenters. The minimum absolute atomic E-state index is 0.0319. The Hall–Kier alpha value is -2.27. The van der Waals surface area contributed by atoms with Crippen molar-refractivity contribution in [2.24, 2.45) is 28.8 Å². The summed E-state index contributed by atoms with van der Waals surface area (Å²) < 4.78 is 58.8. The minimum Gasteiger partial charge on any atom is -0.410 e. The smallest absolute Gasteiger partial charge is 0.240 e. The normalized spacial score (nSPS) is 31.6. The molecule has 5 aliphatic carbocycles. The maximum absolute atomic E-state index is 13.2. The molecule has 0 heterocycles. The third-order valence-electron chi connectivity index (χ3n) is 9.59. The predicted molar refractivity (Wildman–Crippen MR) is 138 cm³/mol. The van der Waals surface area contributed by atoms with Gasteiger partial charge in [0.05, 0.1) is 9.79 Å². The van der Waals surface area contributed by atoms with Crippen LogP contribution in [0.2, 0.25) is 0 Å². The summed E-state index contributed by atoms with van der Waals surface area (Å²) in [6.45, 7) is 0. The van der Waals surface area contributed by atoms with E-state index in [1.165, 1.54) is 25.0 Å². The largest absolute Gasteiger partial charge is 0.410 e. The second kappa shape index (κ2) is 8.36. The molecular weight excluding hydrogens is 510 g/mol. The van der Waals surface area contributed by atoms with Crippen molar-refractivity contribution in [1.29, 1.82) is 0 Å². The summed E-state index contributed by atoms with van der Waals surface area (Å²) in [7, 11) is -7.50. The quantitative estimate of drug-likeness (QED) is 0.323. The number of sulfonamides is 2. The van der Waals surface area contributed by atoms with Crippen LogP contribution in [0, 0.1) is 23.7 Å². The van der Waals surface area contributed by atoms with Crippen LogP contribution in [-0.4, -0.2) is 39.8 Å². The van der Waals surface area contributed by atoms with Crippen molar-refractivity contribution in [3.63, 3.8) is 0 Å². The Bertz CT molecular complexity index is 1420. The fourth-order valence-corrected chi connectivity index (χ4v) is 10.5. The van der Waals surface area contributed by atoms with Crippen LogP contribution < -0.4 is 9.44 Å². The van der Waals surface area contributed by atoms with Crippen LogP contribution in [0.4, 0.5) is 0 Å². The van der Waals surface area contributed by atoms with Gasteiger partial charge in [-0.25, -0.2) is 26.3 Å². The van der Waals surface area contributed by atoms with Gasteiger partial charge in [-0.15, -0.1) is 0 Å². The molecule has 37 heavy (non-hydrogen) atoms. The van der Waals surface area contributed by atoms with Crippen molar-refractivity contribution < 1.29 is 22.0 Å². The lowest BCUT2D eigenvalue weighted by molar-refractivity contribution is 0.320. The van der Waals surface area contributed by atoms with Gasteiger partial charge in [0.25, 0.3) is 0 Å². The molecule has 0 spiro atoms. The van der Waals surface area contributed by atoms with E-state index in [2.05, 4.69) is 14.6 Å². The first-order valence-corrected chi connectivity index (χ1v) is 16.2. The van der Waals surface area contributed by atoms with Crippen LogP contribution in [0.3, 0.4) is 0 Å². The van der Waals surface area contributed by atoms with E-state index >= 15 is 0 Å². The number of hydrogen-bond donors (Lipinski definition) is 3. The SMILES string of the molecule is O=S(=O)(NC1CC2CCC1C2)c1ccc2c(c1)C(=NO)c1cc(S(=O)(=O)NC3CC4CCC3C4)ccc1-2. The van der Waals surface area contributed by atoms with Crippen LogP contribution in [0.5, 0.6) is 0 Å². The maximum Gasteiger partial charge on any atom is 0.240 e. The highest BCUT2D eigenvalue weighted by atomic mass is 32.2. The molecule has 8 nitrogen and oxygen atoms in total. The summed E-state index contributed by atoms with van der Waals surface area (Å²) >= 11 is 0. The monoisotopic (exact) mass is 541 g/mol. The van der Waals surface area contributed by atoms with Gasteiger partial charge < -0.3 is 5.21 Å². The van der Waals surface area contributed by atoms with Crippen LogP contribution >= 0.6 is 0 Å². The molecule has 10 heteroatoms. The van der Waals surface area contributed by atoms with Gasteiger partial charge in [0.15, 0.2) is 0 Å². The summed E-state index contributed by atoms with van der Waals surface area (Å²) in [5, 5.41) is 13.4. The lowest BCUT2D eigenvalue weighted by Gasteiger charge is -2.22. The van der Waals surface area contributed by atoms with Gasteiger partial charge in [-0.3, -0.25) is 0 Å². The molecule has 7 rings (SSSR count). The topological polar surface area (TPSA) is 125 Å². The van der Waals surface area contributed by atoms with Crippen molar-refractivity contribution in [1.82, 2.24) is 9.44 Å². The third-order valence-corrected chi connectivity index (χ3v) is 12.6. The second-order valence-corrected chi connectivity index (χ2v) is 15.1. The standard InChI is InChI=1S/C27H31N3O5S2/c31-28-27-23-13-19(36(32,33)29-25-11-15-1-3-17(25)9-15)5-7-21(23)22-8-6-20(14-24(22)27)37(34,35)30-26-12-16-2-4-18(26)10-16/h5-8,13-18,25-26,29-31H,1-4,9-12H2. The van der Waals surface area contributed by atoms with E-state index in [0.29, 0.717) is 45.9 Å². The number of rotatable bonds is 6. The van der Waals surface area contributed by atoms with Gasteiger partial charge >= 0.3 is 0 Å². The van der Waals surface area contributed by atoms with E-state index in [9.17, 15) is 22.0 Å². The molecule has 4 fully saturated rings. The van der Waals surface area contributed by atoms with Crippen LogP contribution in [0.15, 0.2) is 51.3 Å². The number of nitrogens with one attached hydrogen (secondary N) is 2. The lowest BCUT2D eigenvalue weighted by Crippen LogP contribution is -2.38. The highest BCUT2D eigenvalue weighted by Gasteiger charge is 2.43. The Balaban J connectivity index is 1.17. The molecule has 3 N–H and O–H groups in total. The Morgan fingerprint density at radius 1 is 0.649 bits per heavy atom. The number of fused-ring (bicyclic) bond motifs is 7. The summed E-state index contributed by atoms with van der Waals surface area (Å²) in [4.78, 5) is 0.238. The van der Waals surface area contributed by atoms with Gasteiger partial charge in [0, 0.05) is 23.2 Å². The molecule has 0 amide bonds. The number of oxime groups is 1. The van der Waals surface area contributed by atoms with Crippen molar-refractivity contribution in [2.45, 2.75) is 73.2 Å². The predicted octanol–water partition coefficient (Wildman–Crippen LogP) is 3.83. The van der Waals surface area contributed by atoms with Gasteiger partial charge in [0.2, 0.25) is 20.0 Å². The van der Waals surface area contributed by atoms with Crippen LogP contribution in [0.1, 0.15) is 62.5 Å². The summed E-state index contributed by atoms with van der Waals surface area (Å²) in [6.07, 6.45) is 8.47. The summed E-state index contributed by atoms with van der Waals surface area (Å²) in [5.74, 6) is 2.04. The van der Waals surface area contributed by atoms with E-state index in [4.69, 9.17) is 0 Å². The first kappa shape index (κ1) is 23.8. The minimum atomic E-state index is -3.75. The Morgan fingerprint density at radius 3 is 1.46 bits per heavy atom. The second-order valence-electron chi connectivity index (χ2n) is 11.7. The first-order chi connectivity index (χ1) is 17.7. The van der Waals surface area contributed by atoms with E-state index < -0.39 is 20.0 Å². The molecule has 4 saturated carbocycles. The average molecular weight is 542 g/mol. The van der Waals surface area contributed by atoms with E-state index in [-0.39, 0.29) is 27.6 Å². The van der Waals surface area contributed by atoms with Gasteiger partial charge in [-0.1, -0.05) is 30.1 Å². The number of benzene rings is 2. The van der Waals surface area contributed by atoms with Crippen molar-refractivity contribution in [3.8, 4) is 11.1 Å². The average Bonchev–Trinajstić information content (AvgIpc) is 3.69. The summed E-state index contributed by atoms with van der Waals surface area (Å²) in [5.41, 5.74) is 2.56. The zero-order valence-corrected chi connectivity index (χ0v) is 22.1. The highest BCUT2D eigenvalue weighted by molar-refractivity contribution is 7.89. The van der Waals surface area contributed by atoms with Crippen molar-refractivity contribution >= 4 is 25.8 Å². The van der Waals surface area contributed by atoms with Crippen molar-refractivity contribution in [3.05, 3.63) is 47.5 Å². The zero-order valence-electron chi connectivity index (χ0n) is 20.4. The number of hydrogen-bond acceptors (Lipinski definition) is 6. The Labute approximate surface area is 217 Å². The molecule has 2 aromatic carbocycles. The van der Waals surface area contributed by atoms with E-state index in [1.807, 2.05) is 0 Å². The van der Waals surface area contributed by atoms with Gasteiger partial charge in [-0.2, -0.15) is 0 Å². The van der Waals surface area contributed by atoms with Gasteiger partial charge in [0.1, 0.15) is 5.71 Å². The summed E-state index contributed by atoms with van der Waals surface area (Å²) in [6, 6.07) is 9.56. The molecule has 0 radical (unpaired) electrons.